The summed E-state index contributed by atoms with van der Waals surface area (Å²) in [6.45, 7) is 3.84. The Hall–Kier alpha value is -1.58. The molecule has 0 aliphatic heterocycles. The molecule has 94 valence electrons. The lowest BCUT2D eigenvalue weighted by Crippen LogP contribution is -2.30. The van der Waals surface area contributed by atoms with Crippen LogP contribution in [-0.4, -0.2) is 24.7 Å². The Morgan fingerprint density at radius 3 is 2.53 bits per heavy atom. The third-order valence-corrected chi connectivity index (χ3v) is 2.91. The molecule has 0 saturated heterocycles. The maximum Gasteiger partial charge on any atom is 0.309 e. The minimum Gasteiger partial charge on any atom is -0.481 e. The molecule has 0 heterocycles. The summed E-state index contributed by atoms with van der Waals surface area (Å²) in [5.41, 5.74) is -0.298. The summed E-state index contributed by atoms with van der Waals surface area (Å²) >= 11 is 0. The van der Waals surface area contributed by atoms with E-state index in [2.05, 4.69) is 0 Å². The molecule has 1 aromatic rings. The molecule has 4 heteroatoms. The fraction of sp³-hybridized carbons (Fsp3) is 0.462. The quantitative estimate of drug-likeness (QED) is 0.859. The van der Waals surface area contributed by atoms with Crippen LogP contribution in [0.2, 0.25) is 0 Å². The summed E-state index contributed by atoms with van der Waals surface area (Å²) in [5.74, 6) is -1.12. The van der Waals surface area contributed by atoms with Crippen molar-refractivity contribution in [1.29, 1.82) is 0 Å². The summed E-state index contributed by atoms with van der Waals surface area (Å²) in [6.07, 6.45) is 0.465. The molecule has 0 aliphatic carbocycles. The van der Waals surface area contributed by atoms with Crippen LogP contribution < -0.4 is 4.90 Å². The summed E-state index contributed by atoms with van der Waals surface area (Å²) in [7, 11) is 1.76. The Bertz CT molecular complexity index is 404. The average Bonchev–Trinajstić information content (AvgIpc) is 2.26. The van der Waals surface area contributed by atoms with Gasteiger partial charge in [-0.2, -0.15) is 0 Å². The van der Waals surface area contributed by atoms with Gasteiger partial charge in [-0.25, -0.2) is 4.39 Å². The van der Waals surface area contributed by atoms with Gasteiger partial charge in [-0.1, -0.05) is 12.1 Å². The highest BCUT2D eigenvalue weighted by Gasteiger charge is 2.27. The van der Waals surface area contributed by atoms with Gasteiger partial charge in [0, 0.05) is 13.6 Å². The maximum absolute atomic E-state index is 13.5. The highest BCUT2D eigenvalue weighted by Crippen LogP contribution is 2.23. The van der Waals surface area contributed by atoms with Gasteiger partial charge in [0.2, 0.25) is 0 Å². The van der Waals surface area contributed by atoms with Crippen LogP contribution in [0.1, 0.15) is 20.3 Å². The fourth-order valence-electron chi connectivity index (χ4n) is 1.44. The third-order valence-electron chi connectivity index (χ3n) is 2.91. The van der Waals surface area contributed by atoms with Crippen LogP contribution in [0, 0.1) is 11.2 Å². The Kier molecular flexibility index (Phi) is 4.10. The zero-order chi connectivity index (χ0) is 13.1. The molecule has 0 saturated carbocycles. The first-order valence-corrected chi connectivity index (χ1v) is 5.53. The first-order valence-electron chi connectivity index (χ1n) is 5.53. The van der Waals surface area contributed by atoms with Gasteiger partial charge in [0.15, 0.2) is 0 Å². The molecule has 0 aromatic heterocycles. The van der Waals surface area contributed by atoms with Crippen LogP contribution in [0.15, 0.2) is 24.3 Å². The third kappa shape index (κ3) is 3.44. The van der Waals surface area contributed by atoms with Crippen molar-refractivity contribution in [3.8, 4) is 0 Å². The van der Waals surface area contributed by atoms with Crippen molar-refractivity contribution in [3.05, 3.63) is 30.1 Å². The smallest absolute Gasteiger partial charge is 0.309 e. The molecule has 0 atom stereocenters. The van der Waals surface area contributed by atoms with Crippen molar-refractivity contribution in [2.45, 2.75) is 20.3 Å². The lowest BCUT2D eigenvalue weighted by atomic mass is 9.89. The van der Waals surface area contributed by atoms with E-state index in [1.807, 2.05) is 0 Å². The summed E-state index contributed by atoms with van der Waals surface area (Å²) in [4.78, 5) is 12.7. The highest BCUT2D eigenvalue weighted by atomic mass is 19.1. The minimum absolute atomic E-state index is 0.289. The zero-order valence-corrected chi connectivity index (χ0v) is 10.4. The average molecular weight is 239 g/mol. The number of anilines is 1. The second-order valence-corrected chi connectivity index (χ2v) is 4.81. The van der Waals surface area contributed by atoms with Gasteiger partial charge in [0.05, 0.1) is 11.1 Å². The molecule has 0 amide bonds. The second-order valence-electron chi connectivity index (χ2n) is 4.81. The number of hydrogen-bond donors (Lipinski definition) is 1. The van der Waals surface area contributed by atoms with Crippen LogP contribution in [0.5, 0.6) is 0 Å². The van der Waals surface area contributed by atoms with Crippen molar-refractivity contribution in [1.82, 2.24) is 0 Å². The van der Waals surface area contributed by atoms with Gasteiger partial charge in [0.25, 0.3) is 0 Å². The number of halogens is 1. The van der Waals surface area contributed by atoms with Crippen LogP contribution in [-0.2, 0) is 4.79 Å². The minimum atomic E-state index is -0.834. The lowest BCUT2D eigenvalue weighted by molar-refractivity contribution is -0.147. The number of rotatable bonds is 5. The number of para-hydroxylation sites is 1. The first kappa shape index (κ1) is 13.5. The van der Waals surface area contributed by atoms with Gasteiger partial charge in [-0.15, -0.1) is 0 Å². The predicted octanol–water partition coefficient (Wildman–Crippen LogP) is 2.76. The van der Waals surface area contributed by atoms with E-state index >= 15 is 0 Å². The zero-order valence-electron chi connectivity index (χ0n) is 10.4. The van der Waals surface area contributed by atoms with Crippen molar-refractivity contribution in [2.75, 3.05) is 18.5 Å². The van der Waals surface area contributed by atoms with E-state index in [-0.39, 0.29) is 5.82 Å². The number of carboxylic acids is 1. The largest absolute Gasteiger partial charge is 0.481 e. The molecule has 0 fully saturated rings. The second kappa shape index (κ2) is 5.17. The van der Waals surface area contributed by atoms with Crippen LogP contribution in [0.3, 0.4) is 0 Å². The number of nitrogens with zero attached hydrogens (tertiary/aromatic N) is 1. The van der Waals surface area contributed by atoms with Crippen molar-refractivity contribution in [3.63, 3.8) is 0 Å². The SMILES string of the molecule is CN(CCC(C)(C)C(=O)O)c1ccccc1F. The van der Waals surface area contributed by atoms with Crippen molar-refractivity contribution in [2.24, 2.45) is 5.41 Å². The van der Waals surface area contributed by atoms with E-state index in [1.165, 1.54) is 6.07 Å². The van der Waals surface area contributed by atoms with Crippen LogP contribution in [0.25, 0.3) is 0 Å². The fourth-order valence-corrected chi connectivity index (χ4v) is 1.44. The number of carboxylic acid groups (broad SMARTS) is 1. The molecule has 0 bridgehead atoms. The van der Waals surface area contributed by atoms with E-state index in [0.717, 1.165) is 0 Å². The summed E-state index contributed by atoms with van der Waals surface area (Å²) in [5, 5.41) is 8.99. The van der Waals surface area contributed by atoms with E-state index in [1.54, 1.807) is 44.0 Å². The van der Waals surface area contributed by atoms with E-state index < -0.39 is 11.4 Å². The number of aliphatic carboxylic acids is 1. The van der Waals surface area contributed by atoms with E-state index in [9.17, 15) is 9.18 Å². The molecule has 0 radical (unpaired) electrons. The molecule has 0 unspecified atom stereocenters. The molecule has 17 heavy (non-hydrogen) atoms. The highest BCUT2D eigenvalue weighted by molar-refractivity contribution is 5.73. The van der Waals surface area contributed by atoms with Gasteiger partial charge in [-0.3, -0.25) is 4.79 Å². The molecular weight excluding hydrogens is 221 g/mol. The number of benzene rings is 1. The Balaban J connectivity index is 2.65. The Morgan fingerprint density at radius 2 is 2.00 bits per heavy atom. The predicted molar refractivity (Wildman–Crippen MR) is 65.7 cm³/mol. The van der Waals surface area contributed by atoms with Gasteiger partial charge in [-0.05, 0) is 32.4 Å². The monoisotopic (exact) mass is 239 g/mol. The Morgan fingerprint density at radius 1 is 1.41 bits per heavy atom. The molecule has 3 nitrogen and oxygen atoms in total. The molecule has 1 aromatic carbocycles. The molecule has 1 N–H and O–H groups in total. The van der Waals surface area contributed by atoms with Crippen LogP contribution in [0.4, 0.5) is 10.1 Å². The molecule has 1 rings (SSSR count). The van der Waals surface area contributed by atoms with Gasteiger partial charge >= 0.3 is 5.97 Å². The maximum atomic E-state index is 13.5. The van der Waals surface area contributed by atoms with Gasteiger partial charge < -0.3 is 10.0 Å². The van der Waals surface area contributed by atoms with Crippen LogP contribution >= 0.6 is 0 Å². The van der Waals surface area contributed by atoms with E-state index in [4.69, 9.17) is 5.11 Å². The molecule has 0 spiro atoms. The Labute approximate surface area is 101 Å². The number of carbonyl (C=O) groups is 1. The normalized spacial score (nSPS) is 11.3. The summed E-state index contributed by atoms with van der Waals surface area (Å²) in [6, 6.07) is 6.47. The van der Waals surface area contributed by atoms with Crippen molar-refractivity contribution >= 4 is 11.7 Å². The van der Waals surface area contributed by atoms with Crippen molar-refractivity contribution < 1.29 is 14.3 Å². The first-order chi connectivity index (χ1) is 7.84. The molecular formula is C13H18FNO2. The lowest BCUT2D eigenvalue weighted by Gasteiger charge is -2.25. The van der Waals surface area contributed by atoms with Gasteiger partial charge in [0.1, 0.15) is 5.82 Å². The molecule has 0 aliphatic rings. The summed E-state index contributed by atoms with van der Waals surface area (Å²) < 4.78 is 13.5. The number of hydrogen-bond acceptors (Lipinski definition) is 2. The van der Waals surface area contributed by atoms with E-state index in [0.29, 0.717) is 18.7 Å². The standard InChI is InChI=1S/C13H18FNO2/c1-13(2,12(16)17)8-9-15(3)11-7-5-4-6-10(11)14/h4-7H,8-9H2,1-3H3,(H,16,17). The topological polar surface area (TPSA) is 40.5 Å².